The van der Waals surface area contributed by atoms with E-state index in [1.807, 2.05) is 5.51 Å². The number of aryl methyl sites for hydroxylation is 1. The van der Waals surface area contributed by atoms with Crippen molar-refractivity contribution in [2.24, 2.45) is 5.73 Å². The zero-order chi connectivity index (χ0) is 8.10. The Balaban J connectivity index is 2.62. The Hall–Kier alpha value is -0.410. The predicted molar refractivity (Wildman–Crippen MR) is 48.9 cm³/mol. The SMILES string of the molecule is CCCc1scnc1CCN. The molecule has 0 aromatic carbocycles. The number of hydrogen-bond acceptors (Lipinski definition) is 3. The van der Waals surface area contributed by atoms with Crippen molar-refractivity contribution in [1.82, 2.24) is 4.98 Å². The van der Waals surface area contributed by atoms with Crippen LogP contribution in [0.3, 0.4) is 0 Å². The summed E-state index contributed by atoms with van der Waals surface area (Å²) >= 11 is 1.75. The standard InChI is InChI=1S/C8H14N2S/c1-2-3-8-7(4-5-9)10-6-11-8/h6H,2-5,9H2,1H3. The van der Waals surface area contributed by atoms with Crippen molar-refractivity contribution in [1.29, 1.82) is 0 Å². The van der Waals surface area contributed by atoms with Gasteiger partial charge in [0.05, 0.1) is 11.2 Å². The highest BCUT2D eigenvalue weighted by Gasteiger charge is 2.02. The van der Waals surface area contributed by atoms with Crippen molar-refractivity contribution in [2.75, 3.05) is 6.54 Å². The average molecular weight is 170 g/mol. The molecule has 0 aliphatic rings. The molecule has 1 heterocycles. The lowest BCUT2D eigenvalue weighted by molar-refractivity contribution is 0.875. The van der Waals surface area contributed by atoms with E-state index < -0.39 is 0 Å². The first-order valence-corrected chi connectivity index (χ1v) is 4.87. The molecule has 0 saturated heterocycles. The number of aromatic nitrogens is 1. The zero-order valence-electron chi connectivity index (χ0n) is 6.84. The number of thiazole rings is 1. The molecule has 2 nitrogen and oxygen atoms in total. The molecular weight excluding hydrogens is 156 g/mol. The lowest BCUT2D eigenvalue weighted by atomic mass is 10.2. The Kier molecular flexibility index (Phi) is 3.52. The Morgan fingerprint density at radius 3 is 3.00 bits per heavy atom. The topological polar surface area (TPSA) is 38.9 Å². The number of hydrogen-bond donors (Lipinski definition) is 1. The van der Waals surface area contributed by atoms with Gasteiger partial charge in [-0.2, -0.15) is 0 Å². The molecule has 2 N–H and O–H groups in total. The first-order chi connectivity index (χ1) is 5.38. The largest absolute Gasteiger partial charge is 0.330 e. The summed E-state index contributed by atoms with van der Waals surface area (Å²) in [6.45, 7) is 2.90. The van der Waals surface area contributed by atoms with Gasteiger partial charge in [-0.25, -0.2) is 4.98 Å². The molecule has 1 rings (SSSR count). The van der Waals surface area contributed by atoms with Gasteiger partial charge in [0.1, 0.15) is 0 Å². The second-order valence-corrected chi connectivity index (χ2v) is 3.45. The van der Waals surface area contributed by atoms with Crippen LogP contribution in [0.5, 0.6) is 0 Å². The number of rotatable bonds is 4. The second-order valence-electron chi connectivity index (χ2n) is 2.51. The average Bonchev–Trinajstić information content (AvgIpc) is 2.39. The molecule has 0 saturated carbocycles. The normalized spacial score (nSPS) is 10.4. The van der Waals surface area contributed by atoms with Gasteiger partial charge in [0.15, 0.2) is 0 Å². The minimum atomic E-state index is 0.709. The smallest absolute Gasteiger partial charge is 0.0797 e. The van der Waals surface area contributed by atoms with Crippen molar-refractivity contribution in [3.05, 3.63) is 16.1 Å². The maximum Gasteiger partial charge on any atom is 0.0797 e. The molecule has 0 fully saturated rings. The van der Waals surface area contributed by atoms with E-state index in [0.717, 1.165) is 12.8 Å². The number of nitrogens with two attached hydrogens (primary N) is 1. The summed E-state index contributed by atoms with van der Waals surface area (Å²) < 4.78 is 0. The lowest BCUT2D eigenvalue weighted by Gasteiger charge is -1.96. The van der Waals surface area contributed by atoms with Crippen LogP contribution >= 0.6 is 11.3 Å². The van der Waals surface area contributed by atoms with E-state index in [9.17, 15) is 0 Å². The zero-order valence-corrected chi connectivity index (χ0v) is 7.66. The first-order valence-electron chi connectivity index (χ1n) is 3.99. The van der Waals surface area contributed by atoms with Crippen molar-refractivity contribution in [3.8, 4) is 0 Å². The summed E-state index contributed by atoms with van der Waals surface area (Å²) in [4.78, 5) is 5.68. The molecular formula is C8H14N2S. The molecule has 11 heavy (non-hydrogen) atoms. The van der Waals surface area contributed by atoms with Crippen LogP contribution < -0.4 is 5.73 Å². The fourth-order valence-electron chi connectivity index (χ4n) is 1.06. The van der Waals surface area contributed by atoms with Gasteiger partial charge in [0, 0.05) is 11.3 Å². The molecule has 1 aromatic rings. The highest BCUT2D eigenvalue weighted by atomic mass is 32.1. The Morgan fingerprint density at radius 1 is 1.55 bits per heavy atom. The summed E-state index contributed by atoms with van der Waals surface area (Å²) in [6, 6.07) is 0. The Morgan fingerprint density at radius 2 is 2.36 bits per heavy atom. The molecule has 3 heteroatoms. The van der Waals surface area contributed by atoms with E-state index in [-0.39, 0.29) is 0 Å². The van der Waals surface area contributed by atoms with Gasteiger partial charge in [-0.15, -0.1) is 11.3 Å². The van der Waals surface area contributed by atoms with E-state index in [0.29, 0.717) is 6.54 Å². The third-order valence-corrected chi connectivity index (χ3v) is 2.52. The van der Waals surface area contributed by atoms with Crippen molar-refractivity contribution in [2.45, 2.75) is 26.2 Å². The molecule has 1 aromatic heterocycles. The monoisotopic (exact) mass is 170 g/mol. The molecule has 0 spiro atoms. The highest BCUT2D eigenvalue weighted by molar-refractivity contribution is 7.09. The third kappa shape index (κ3) is 2.27. The van der Waals surface area contributed by atoms with Crippen molar-refractivity contribution < 1.29 is 0 Å². The first kappa shape index (κ1) is 8.68. The predicted octanol–water partition coefficient (Wildman–Crippen LogP) is 1.60. The van der Waals surface area contributed by atoms with Crippen LogP contribution in [-0.4, -0.2) is 11.5 Å². The van der Waals surface area contributed by atoms with Crippen LogP contribution in [0.1, 0.15) is 23.9 Å². The minimum Gasteiger partial charge on any atom is -0.330 e. The second kappa shape index (κ2) is 4.46. The molecule has 0 radical (unpaired) electrons. The molecule has 0 unspecified atom stereocenters. The van der Waals surface area contributed by atoms with Gasteiger partial charge in [-0.1, -0.05) is 13.3 Å². The minimum absolute atomic E-state index is 0.709. The molecule has 0 aliphatic carbocycles. The van der Waals surface area contributed by atoms with Crippen LogP contribution in [0.2, 0.25) is 0 Å². The number of nitrogens with zero attached hydrogens (tertiary/aromatic N) is 1. The van der Waals surface area contributed by atoms with E-state index in [2.05, 4.69) is 11.9 Å². The summed E-state index contributed by atoms with van der Waals surface area (Å²) in [6.07, 6.45) is 3.28. The maximum atomic E-state index is 5.45. The summed E-state index contributed by atoms with van der Waals surface area (Å²) in [5.41, 5.74) is 8.57. The molecule has 0 atom stereocenters. The highest BCUT2D eigenvalue weighted by Crippen LogP contribution is 2.15. The van der Waals surface area contributed by atoms with Crippen LogP contribution in [0.4, 0.5) is 0 Å². The van der Waals surface area contributed by atoms with Gasteiger partial charge in [0.25, 0.3) is 0 Å². The summed E-state index contributed by atoms with van der Waals surface area (Å²) in [5, 5.41) is 0. The fraction of sp³-hybridized carbons (Fsp3) is 0.625. The Bertz CT molecular complexity index is 187. The van der Waals surface area contributed by atoms with Crippen molar-refractivity contribution in [3.63, 3.8) is 0 Å². The van der Waals surface area contributed by atoms with Crippen LogP contribution in [0.25, 0.3) is 0 Å². The van der Waals surface area contributed by atoms with Gasteiger partial charge in [-0.3, -0.25) is 0 Å². The van der Waals surface area contributed by atoms with E-state index >= 15 is 0 Å². The Labute approximate surface area is 71.5 Å². The van der Waals surface area contributed by atoms with Gasteiger partial charge >= 0.3 is 0 Å². The van der Waals surface area contributed by atoms with Gasteiger partial charge in [0.2, 0.25) is 0 Å². The molecule has 0 aliphatic heterocycles. The van der Waals surface area contributed by atoms with E-state index in [1.54, 1.807) is 11.3 Å². The third-order valence-electron chi connectivity index (χ3n) is 1.58. The maximum absolute atomic E-state index is 5.45. The van der Waals surface area contributed by atoms with Crippen molar-refractivity contribution >= 4 is 11.3 Å². The van der Waals surface area contributed by atoms with Crippen LogP contribution in [-0.2, 0) is 12.8 Å². The molecule has 0 bridgehead atoms. The fourth-order valence-corrected chi connectivity index (χ4v) is 1.98. The summed E-state index contributed by atoms with van der Waals surface area (Å²) in [7, 11) is 0. The summed E-state index contributed by atoms with van der Waals surface area (Å²) in [5.74, 6) is 0. The van der Waals surface area contributed by atoms with E-state index in [1.165, 1.54) is 17.0 Å². The quantitative estimate of drug-likeness (QED) is 0.745. The molecule has 62 valence electrons. The van der Waals surface area contributed by atoms with Gasteiger partial charge in [-0.05, 0) is 13.0 Å². The molecule has 0 amide bonds. The van der Waals surface area contributed by atoms with Gasteiger partial charge < -0.3 is 5.73 Å². The van der Waals surface area contributed by atoms with Crippen LogP contribution in [0.15, 0.2) is 5.51 Å². The van der Waals surface area contributed by atoms with Crippen LogP contribution in [0, 0.1) is 0 Å². The lowest BCUT2D eigenvalue weighted by Crippen LogP contribution is -2.04. The van der Waals surface area contributed by atoms with E-state index in [4.69, 9.17) is 5.73 Å².